The number of amides is 2. The second-order valence-corrected chi connectivity index (χ2v) is 7.41. The van der Waals surface area contributed by atoms with Gasteiger partial charge in [0.2, 0.25) is 5.91 Å². The van der Waals surface area contributed by atoms with Gasteiger partial charge < -0.3 is 15.5 Å². The van der Waals surface area contributed by atoms with Gasteiger partial charge in [-0.1, -0.05) is 32.0 Å². The van der Waals surface area contributed by atoms with E-state index in [1.807, 2.05) is 42.3 Å². The molecular formula is C20H32ClN3O2. The van der Waals surface area contributed by atoms with E-state index in [4.69, 9.17) is 5.73 Å². The number of nitrogens with zero attached hydrogens (tertiary/aromatic N) is 2. The van der Waals surface area contributed by atoms with E-state index < -0.39 is 0 Å². The Labute approximate surface area is 163 Å². The van der Waals surface area contributed by atoms with Crippen LogP contribution in [0, 0.1) is 11.8 Å². The fraction of sp³-hybridized carbons (Fsp3) is 0.600. The fourth-order valence-corrected chi connectivity index (χ4v) is 3.22. The third-order valence-corrected chi connectivity index (χ3v) is 5.11. The molecule has 2 unspecified atom stereocenters. The molecule has 0 saturated carbocycles. The lowest BCUT2D eigenvalue weighted by Gasteiger charge is -2.34. The number of hydrogen-bond donors (Lipinski definition) is 1. The average molecular weight is 382 g/mol. The van der Waals surface area contributed by atoms with Gasteiger partial charge in [0.15, 0.2) is 0 Å². The number of carbonyl (C=O) groups excluding carboxylic acids is 2. The summed E-state index contributed by atoms with van der Waals surface area (Å²) >= 11 is 0. The summed E-state index contributed by atoms with van der Waals surface area (Å²) in [4.78, 5) is 28.9. The summed E-state index contributed by atoms with van der Waals surface area (Å²) in [6.07, 6.45) is 2.52. The van der Waals surface area contributed by atoms with Crippen LogP contribution >= 0.6 is 12.4 Å². The zero-order valence-corrected chi connectivity index (χ0v) is 16.9. The summed E-state index contributed by atoms with van der Waals surface area (Å²) in [6.45, 7) is 6.09. The molecule has 26 heavy (non-hydrogen) atoms. The molecule has 1 heterocycles. The minimum Gasteiger partial charge on any atom is -0.345 e. The zero-order chi connectivity index (χ0) is 18.4. The maximum atomic E-state index is 12.7. The van der Waals surface area contributed by atoms with Gasteiger partial charge in [-0.15, -0.1) is 12.4 Å². The minimum atomic E-state index is -0.110. The first-order valence-electron chi connectivity index (χ1n) is 9.25. The Bertz CT molecular complexity index is 580. The van der Waals surface area contributed by atoms with Gasteiger partial charge in [0, 0.05) is 38.3 Å². The summed E-state index contributed by atoms with van der Waals surface area (Å²) in [5.41, 5.74) is 6.77. The molecule has 2 atom stereocenters. The van der Waals surface area contributed by atoms with Crippen LogP contribution in [0.2, 0.25) is 0 Å². The van der Waals surface area contributed by atoms with Crippen molar-refractivity contribution >= 4 is 24.2 Å². The number of carbonyl (C=O) groups is 2. The first kappa shape index (κ1) is 22.5. The molecule has 2 N–H and O–H groups in total. The van der Waals surface area contributed by atoms with Crippen LogP contribution in [0.25, 0.3) is 0 Å². The Morgan fingerprint density at radius 3 is 2.54 bits per heavy atom. The molecule has 2 amide bonds. The normalized spacial score (nSPS) is 18.2. The van der Waals surface area contributed by atoms with E-state index in [1.165, 1.54) is 0 Å². The van der Waals surface area contributed by atoms with Gasteiger partial charge in [-0.2, -0.15) is 0 Å². The van der Waals surface area contributed by atoms with Crippen molar-refractivity contribution in [2.75, 3.05) is 26.7 Å². The third kappa shape index (κ3) is 5.99. The largest absolute Gasteiger partial charge is 0.345 e. The first-order chi connectivity index (χ1) is 11.9. The topological polar surface area (TPSA) is 66.6 Å². The van der Waals surface area contributed by atoms with Crippen LogP contribution in [0.4, 0.5) is 0 Å². The van der Waals surface area contributed by atoms with Crippen molar-refractivity contribution < 1.29 is 9.59 Å². The predicted octanol–water partition coefficient (Wildman–Crippen LogP) is 2.79. The highest BCUT2D eigenvalue weighted by Gasteiger charge is 2.30. The number of nitrogens with two attached hydrogens (primary N) is 1. The van der Waals surface area contributed by atoms with Crippen molar-refractivity contribution in [3.05, 3.63) is 35.9 Å². The molecule has 1 aromatic carbocycles. The summed E-state index contributed by atoms with van der Waals surface area (Å²) in [6, 6.07) is 9.39. The highest BCUT2D eigenvalue weighted by atomic mass is 35.5. The highest BCUT2D eigenvalue weighted by Crippen LogP contribution is 2.20. The second kappa shape index (κ2) is 10.5. The molecule has 5 nitrogen and oxygen atoms in total. The first-order valence-corrected chi connectivity index (χ1v) is 9.25. The summed E-state index contributed by atoms with van der Waals surface area (Å²) in [7, 11) is 1.84. The zero-order valence-electron chi connectivity index (χ0n) is 16.1. The molecule has 1 saturated heterocycles. The molecule has 2 rings (SSSR count). The third-order valence-electron chi connectivity index (χ3n) is 5.11. The van der Waals surface area contributed by atoms with Gasteiger partial charge in [-0.3, -0.25) is 9.59 Å². The van der Waals surface area contributed by atoms with Crippen LogP contribution < -0.4 is 5.73 Å². The lowest BCUT2D eigenvalue weighted by molar-refractivity contribution is -0.135. The fourth-order valence-electron chi connectivity index (χ4n) is 3.22. The van der Waals surface area contributed by atoms with E-state index in [1.54, 1.807) is 4.90 Å². The van der Waals surface area contributed by atoms with Crippen molar-refractivity contribution in [2.45, 2.75) is 39.2 Å². The Kier molecular flexibility index (Phi) is 9.09. The number of hydrogen-bond acceptors (Lipinski definition) is 3. The molecule has 1 fully saturated rings. The van der Waals surface area contributed by atoms with Gasteiger partial charge in [-0.05, 0) is 37.3 Å². The second-order valence-electron chi connectivity index (χ2n) is 7.41. The van der Waals surface area contributed by atoms with Crippen LogP contribution in [0.5, 0.6) is 0 Å². The van der Waals surface area contributed by atoms with Crippen molar-refractivity contribution in [3.8, 4) is 0 Å². The summed E-state index contributed by atoms with van der Waals surface area (Å²) in [5, 5.41) is 0. The van der Waals surface area contributed by atoms with Crippen LogP contribution in [0.1, 0.15) is 43.5 Å². The maximum absolute atomic E-state index is 12.7. The number of benzene rings is 1. The monoisotopic (exact) mass is 381 g/mol. The van der Waals surface area contributed by atoms with E-state index in [-0.39, 0.29) is 36.2 Å². The average Bonchev–Trinajstić information content (AvgIpc) is 2.65. The van der Waals surface area contributed by atoms with Gasteiger partial charge in [0.25, 0.3) is 5.91 Å². The molecule has 0 aromatic heterocycles. The van der Waals surface area contributed by atoms with Crippen molar-refractivity contribution in [3.63, 3.8) is 0 Å². The van der Waals surface area contributed by atoms with E-state index in [0.29, 0.717) is 24.6 Å². The van der Waals surface area contributed by atoms with Crippen LogP contribution in [0.15, 0.2) is 30.3 Å². The molecular weight excluding hydrogens is 350 g/mol. The molecule has 1 aromatic rings. The van der Waals surface area contributed by atoms with Crippen molar-refractivity contribution in [1.82, 2.24) is 9.80 Å². The SMILES string of the molecule is CC(C)C(N)CCN(C)C(=O)C1CCCN(C(=O)c2ccccc2)C1.Cl. The van der Waals surface area contributed by atoms with Crippen molar-refractivity contribution in [2.24, 2.45) is 17.6 Å². The molecule has 0 radical (unpaired) electrons. The van der Waals surface area contributed by atoms with E-state index >= 15 is 0 Å². The molecule has 0 bridgehead atoms. The molecule has 1 aliphatic heterocycles. The number of likely N-dealkylation sites (tertiary alicyclic amines) is 1. The standard InChI is InChI=1S/C20H31N3O2.ClH/c1-15(2)18(21)11-13-22(3)19(24)17-10-7-12-23(14-17)20(25)16-8-5-4-6-9-16;/h4-6,8-9,15,17-18H,7,10-14,21H2,1-3H3;1H. The highest BCUT2D eigenvalue weighted by molar-refractivity contribution is 5.94. The smallest absolute Gasteiger partial charge is 0.253 e. The Hall–Kier alpha value is -1.59. The van der Waals surface area contributed by atoms with E-state index in [0.717, 1.165) is 25.8 Å². The number of piperidine rings is 1. The number of rotatable bonds is 6. The van der Waals surface area contributed by atoms with Crippen LogP contribution in [-0.4, -0.2) is 54.3 Å². The molecule has 0 aliphatic carbocycles. The molecule has 0 spiro atoms. The van der Waals surface area contributed by atoms with Crippen LogP contribution in [0.3, 0.4) is 0 Å². The maximum Gasteiger partial charge on any atom is 0.253 e. The molecule has 1 aliphatic rings. The summed E-state index contributed by atoms with van der Waals surface area (Å²) < 4.78 is 0. The van der Waals surface area contributed by atoms with E-state index in [9.17, 15) is 9.59 Å². The predicted molar refractivity (Wildman–Crippen MR) is 107 cm³/mol. The Balaban J connectivity index is 0.00000338. The Morgan fingerprint density at radius 2 is 1.92 bits per heavy atom. The quantitative estimate of drug-likeness (QED) is 0.823. The molecule has 146 valence electrons. The van der Waals surface area contributed by atoms with E-state index in [2.05, 4.69) is 13.8 Å². The summed E-state index contributed by atoms with van der Waals surface area (Å²) in [5.74, 6) is 0.447. The van der Waals surface area contributed by atoms with Gasteiger partial charge >= 0.3 is 0 Å². The van der Waals surface area contributed by atoms with Gasteiger partial charge in [-0.25, -0.2) is 0 Å². The Morgan fingerprint density at radius 1 is 1.27 bits per heavy atom. The van der Waals surface area contributed by atoms with Gasteiger partial charge in [0.1, 0.15) is 0 Å². The lowest BCUT2D eigenvalue weighted by atomic mass is 9.95. The number of halogens is 1. The minimum absolute atomic E-state index is 0. The van der Waals surface area contributed by atoms with Gasteiger partial charge in [0.05, 0.1) is 5.92 Å². The molecule has 6 heteroatoms. The van der Waals surface area contributed by atoms with Crippen LogP contribution in [-0.2, 0) is 4.79 Å². The van der Waals surface area contributed by atoms with Crippen molar-refractivity contribution in [1.29, 1.82) is 0 Å². The lowest BCUT2D eigenvalue weighted by Crippen LogP contribution is -2.46.